The number of nitrogens with one attached hydrogen (secondary N) is 1. The third-order valence-electron chi connectivity index (χ3n) is 10.6. The van der Waals surface area contributed by atoms with Gasteiger partial charge < -0.3 is 28.8 Å². The van der Waals surface area contributed by atoms with Gasteiger partial charge in [0.15, 0.2) is 0 Å². The van der Waals surface area contributed by atoms with Gasteiger partial charge in [-0.1, -0.05) is 201 Å². The molecule has 0 aromatic heterocycles. The molecule has 63 heavy (non-hydrogen) atoms. The van der Waals surface area contributed by atoms with E-state index < -0.39 is 20.0 Å². The predicted octanol–water partition coefficient (Wildman–Crippen LogP) is 14.1. The SMILES string of the molecule is CC/C=C\C/C=C\C/C=C\C/C=C\C/C=C\C/C=C\C/C=C\C/C=C\CCCCCCCCCCC(=O)NC(COP(=O)([O-])OCC[N+](C)(C)C)C(O)CCCCCCCCCC. The molecule has 9 heteroatoms. The molecule has 0 saturated carbocycles. The Morgan fingerprint density at radius 3 is 1.41 bits per heavy atom. The van der Waals surface area contributed by atoms with Gasteiger partial charge in [0, 0.05) is 6.42 Å². The van der Waals surface area contributed by atoms with Crippen molar-refractivity contribution < 1.29 is 32.9 Å². The van der Waals surface area contributed by atoms with Gasteiger partial charge in [0.2, 0.25) is 5.91 Å². The molecule has 0 aliphatic carbocycles. The van der Waals surface area contributed by atoms with Gasteiger partial charge >= 0.3 is 0 Å². The Morgan fingerprint density at radius 1 is 0.571 bits per heavy atom. The van der Waals surface area contributed by atoms with E-state index in [1.165, 1.54) is 64.2 Å². The van der Waals surface area contributed by atoms with Crippen LogP contribution in [0.15, 0.2) is 97.2 Å². The molecule has 0 rings (SSSR count). The number of rotatable bonds is 44. The highest BCUT2D eigenvalue weighted by molar-refractivity contribution is 7.45. The van der Waals surface area contributed by atoms with Gasteiger partial charge in [0.05, 0.1) is 39.9 Å². The van der Waals surface area contributed by atoms with E-state index in [1.54, 1.807) is 0 Å². The van der Waals surface area contributed by atoms with Gasteiger partial charge in [-0.05, 0) is 77.0 Å². The van der Waals surface area contributed by atoms with Crippen molar-refractivity contribution in [3.05, 3.63) is 97.2 Å². The third-order valence-corrected chi connectivity index (χ3v) is 11.6. The minimum absolute atomic E-state index is 0.00516. The summed E-state index contributed by atoms with van der Waals surface area (Å²) in [7, 11) is 1.28. The highest BCUT2D eigenvalue weighted by Gasteiger charge is 2.24. The molecule has 3 unspecified atom stereocenters. The number of amides is 1. The monoisotopic (exact) mass is 899 g/mol. The molecular weight excluding hydrogens is 804 g/mol. The molecule has 362 valence electrons. The van der Waals surface area contributed by atoms with Crippen LogP contribution in [0.25, 0.3) is 0 Å². The van der Waals surface area contributed by atoms with E-state index >= 15 is 0 Å². The second-order valence-corrected chi connectivity index (χ2v) is 19.2. The molecule has 0 heterocycles. The molecule has 1 amide bonds. The van der Waals surface area contributed by atoms with Crippen LogP contribution in [0.3, 0.4) is 0 Å². The van der Waals surface area contributed by atoms with Crippen LogP contribution in [0.1, 0.15) is 187 Å². The number of likely N-dealkylation sites (N-methyl/N-ethyl adjacent to an activating group) is 1. The number of phosphoric acid groups is 1. The first-order valence-corrected chi connectivity index (χ1v) is 26.5. The molecule has 0 bridgehead atoms. The van der Waals surface area contributed by atoms with Crippen molar-refractivity contribution in [2.45, 2.75) is 199 Å². The van der Waals surface area contributed by atoms with Crippen LogP contribution >= 0.6 is 7.82 Å². The smallest absolute Gasteiger partial charge is 0.268 e. The number of unbranched alkanes of at least 4 members (excludes halogenated alkanes) is 15. The summed E-state index contributed by atoms with van der Waals surface area (Å²) in [6.45, 7) is 4.54. The van der Waals surface area contributed by atoms with Gasteiger partial charge in [0.1, 0.15) is 13.2 Å². The zero-order valence-electron chi connectivity index (χ0n) is 41.0. The lowest BCUT2D eigenvalue weighted by Crippen LogP contribution is -2.46. The summed E-state index contributed by atoms with van der Waals surface area (Å²) in [5, 5.41) is 13.8. The van der Waals surface area contributed by atoms with Crippen LogP contribution in [-0.2, 0) is 18.4 Å². The maximum Gasteiger partial charge on any atom is 0.268 e. The van der Waals surface area contributed by atoms with E-state index in [4.69, 9.17) is 9.05 Å². The Kier molecular flexibility index (Phi) is 42.8. The average Bonchev–Trinajstić information content (AvgIpc) is 3.24. The van der Waals surface area contributed by atoms with Crippen LogP contribution in [-0.4, -0.2) is 68.5 Å². The summed E-state index contributed by atoms with van der Waals surface area (Å²) in [4.78, 5) is 25.3. The lowest BCUT2D eigenvalue weighted by atomic mass is 10.0. The number of aliphatic hydroxyl groups excluding tert-OH is 1. The Morgan fingerprint density at radius 2 is 0.968 bits per heavy atom. The summed E-state index contributed by atoms with van der Waals surface area (Å²) in [6.07, 6.45) is 63.0. The van der Waals surface area contributed by atoms with Crippen molar-refractivity contribution in [1.29, 1.82) is 0 Å². The van der Waals surface area contributed by atoms with E-state index in [2.05, 4.69) is 116 Å². The van der Waals surface area contributed by atoms with E-state index in [1.807, 2.05) is 21.1 Å². The summed E-state index contributed by atoms with van der Waals surface area (Å²) < 4.78 is 23.2. The second kappa shape index (κ2) is 44.6. The molecule has 3 atom stereocenters. The predicted molar refractivity (Wildman–Crippen MR) is 269 cm³/mol. The van der Waals surface area contributed by atoms with Gasteiger partial charge in [-0.15, -0.1) is 0 Å². The first kappa shape index (κ1) is 60.4. The lowest BCUT2D eigenvalue weighted by Gasteiger charge is -2.30. The van der Waals surface area contributed by atoms with E-state index in [0.717, 1.165) is 96.3 Å². The first-order valence-electron chi connectivity index (χ1n) is 25.1. The van der Waals surface area contributed by atoms with Crippen LogP contribution in [0.4, 0.5) is 0 Å². The van der Waals surface area contributed by atoms with E-state index in [-0.39, 0.29) is 19.1 Å². The topological polar surface area (TPSA) is 108 Å². The number of allylic oxidation sites excluding steroid dienone is 16. The minimum atomic E-state index is -4.57. The lowest BCUT2D eigenvalue weighted by molar-refractivity contribution is -0.870. The average molecular weight is 899 g/mol. The van der Waals surface area contributed by atoms with Gasteiger partial charge in [-0.3, -0.25) is 9.36 Å². The van der Waals surface area contributed by atoms with Crippen LogP contribution < -0.4 is 10.2 Å². The quantitative estimate of drug-likeness (QED) is 0.0273. The number of quaternary nitrogens is 1. The first-order chi connectivity index (χ1) is 30.5. The van der Waals surface area contributed by atoms with Crippen molar-refractivity contribution in [2.24, 2.45) is 0 Å². The van der Waals surface area contributed by atoms with Crippen LogP contribution in [0.2, 0.25) is 0 Å². The number of hydrogen-bond acceptors (Lipinski definition) is 6. The Balaban J connectivity index is 4.09. The van der Waals surface area contributed by atoms with Gasteiger partial charge in [0.25, 0.3) is 7.82 Å². The van der Waals surface area contributed by atoms with Crippen LogP contribution in [0.5, 0.6) is 0 Å². The molecule has 2 N–H and O–H groups in total. The summed E-state index contributed by atoms with van der Waals surface area (Å²) in [5.41, 5.74) is 0. The number of nitrogens with zero attached hydrogens (tertiary/aromatic N) is 1. The van der Waals surface area contributed by atoms with Crippen LogP contribution in [0, 0.1) is 0 Å². The molecule has 8 nitrogen and oxygen atoms in total. The molecule has 0 saturated heterocycles. The van der Waals surface area contributed by atoms with E-state index in [9.17, 15) is 19.4 Å². The standard InChI is InChI=1S/C54H95N2O6P/c1-6-8-10-12-14-16-17-18-19-20-21-22-23-24-25-26-27-28-29-30-31-32-33-34-35-36-37-38-39-40-42-44-46-48-54(58)55-52(51-62-63(59,60)61-50-49-56(3,4)5)53(57)47-45-43-41-15-13-11-9-7-2/h8,10,14,16,18-19,21-22,24-25,27-28,30-31,33-34,52-53,57H,6-7,9,11-13,15,17,20,23,26,29,32,35-51H2,1-5H3,(H-,55,58,59,60)/b10-8-,16-14-,19-18-,22-21-,25-24-,28-27-,31-30-,34-33-. The fraction of sp³-hybridized carbons (Fsp3) is 0.685. The highest BCUT2D eigenvalue weighted by Crippen LogP contribution is 2.38. The number of carbonyl (C=O) groups is 1. The van der Waals surface area contributed by atoms with Crippen molar-refractivity contribution >= 4 is 13.7 Å². The maximum absolute atomic E-state index is 12.9. The molecule has 0 aliphatic rings. The van der Waals surface area contributed by atoms with Crippen molar-refractivity contribution in [3.63, 3.8) is 0 Å². The maximum atomic E-state index is 12.9. The fourth-order valence-corrected chi connectivity index (χ4v) is 7.36. The van der Waals surface area contributed by atoms with Gasteiger partial charge in [-0.25, -0.2) is 0 Å². The third kappa shape index (κ3) is 47.2. The zero-order chi connectivity index (χ0) is 46.4. The molecule has 0 aliphatic heterocycles. The Bertz CT molecular complexity index is 1340. The van der Waals surface area contributed by atoms with Crippen molar-refractivity contribution in [3.8, 4) is 0 Å². The highest BCUT2D eigenvalue weighted by atomic mass is 31.2. The summed E-state index contributed by atoms with van der Waals surface area (Å²) in [5.74, 6) is -0.182. The normalized spacial score (nSPS) is 15.0. The molecule has 0 aromatic carbocycles. The second-order valence-electron chi connectivity index (χ2n) is 17.8. The summed E-state index contributed by atoms with van der Waals surface area (Å²) in [6, 6.07) is -0.809. The Hall–Kier alpha value is -2.58. The number of hydrogen-bond donors (Lipinski definition) is 2. The largest absolute Gasteiger partial charge is 0.756 e. The molecule has 0 aromatic rings. The Labute approximate surface area is 388 Å². The van der Waals surface area contributed by atoms with E-state index in [0.29, 0.717) is 23.9 Å². The molecule has 0 radical (unpaired) electrons. The van der Waals surface area contributed by atoms with Crippen molar-refractivity contribution in [1.82, 2.24) is 5.32 Å². The zero-order valence-corrected chi connectivity index (χ0v) is 41.9. The number of aliphatic hydroxyl groups is 1. The van der Waals surface area contributed by atoms with Gasteiger partial charge in [-0.2, -0.15) is 0 Å². The number of carbonyl (C=O) groups excluding carboxylic acids is 1. The summed E-state index contributed by atoms with van der Waals surface area (Å²) >= 11 is 0. The minimum Gasteiger partial charge on any atom is -0.756 e. The molecule has 0 spiro atoms. The molecule has 0 fully saturated rings. The molecular formula is C54H95N2O6P. The van der Waals surface area contributed by atoms with Crippen molar-refractivity contribution in [2.75, 3.05) is 40.9 Å². The fourth-order valence-electron chi connectivity index (χ4n) is 6.64. The number of phosphoric ester groups is 1.